The lowest BCUT2D eigenvalue weighted by Crippen LogP contribution is -2.37. The van der Waals surface area contributed by atoms with Gasteiger partial charge in [0.1, 0.15) is 5.60 Å². The zero-order valence-corrected chi connectivity index (χ0v) is 15.3. The van der Waals surface area contributed by atoms with Crippen molar-refractivity contribution in [3.8, 4) is 0 Å². The number of ether oxygens (including phenoxy) is 1. The maximum absolute atomic E-state index is 11.7. The molecule has 134 valence electrons. The normalized spacial score (nSPS) is 12.8. The number of amides is 1. The van der Waals surface area contributed by atoms with Crippen molar-refractivity contribution in [3.05, 3.63) is 35.4 Å². The molecule has 0 spiro atoms. The SMILES string of the molecule is CC(C)Cc1cccc(C[C@H](CNC(=O)OC(C)(C)C)C(=O)O)c1. The minimum atomic E-state index is -0.930. The molecule has 1 rings (SSSR count). The lowest BCUT2D eigenvalue weighted by Gasteiger charge is -2.21. The third-order valence-corrected chi connectivity index (χ3v) is 3.36. The molecule has 0 saturated carbocycles. The Kier molecular flexibility index (Phi) is 7.26. The van der Waals surface area contributed by atoms with Crippen LogP contribution in [0.4, 0.5) is 4.79 Å². The summed E-state index contributed by atoms with van der Waals surface area (Å²) in [6.45, 7) is 9.64. The highest BCUT2D eigenvalue weighted by Gasteiger charge is 2.21. The molecular weight excluding hydrogens is 306 g/mol. The van der Waals surface area contributed by atoms with Crippen LogP contribution in [0.15, 0.2) is 24.3 Å². The number of carbonyl (C=O) groups excluding carboxylic acids is 1. The van der Waals surface area contributed by atoms with Crippen molar-refractivity contribution in [2.24, 2.45) is 11.8 Å². The van der Waals surface area contributed by atoms with Crippen LogP contribution in [0.1, 0.15) is 45.7 Å². The Hall–Kier alpha value is -2.04. The van der Waals surface area contributed by atoms with Crippen LogP contribution in [-0.4, -0.2) is 29.3 Å². The number of carbonyl (C=O) groups is 2. The van der Waals surface area contributed by atoms with Gasteiger partial charge in [-0.3, -0.25) is 4.79 Å². The van der Waals surface area contributed by atoms with Crippen LogP contribution in [0.3, 0.4) is 0 Å². The van der Waals surface area contributed by atoms with Crippen molar-refractivity contribution in [1.29, 1.82) is 0 Å². The molecule has 0 fully saturated rings. The van der Waals surface area contributed by atoms with E-state index in [4.69, 9.17) is 4.74 Å². The first-order chi connectivity index (χ1) is 11.1. The maximum atomic E-state index is 11.7. The van der Waals surface area contributed by atoms with E-state index in [0.29, 0.717) is 12.3 Å². The van der Waals surface area contributed by atoms with Crippen LogP contribution < -0.4 is 5.32 Å². The van der Waals surface area contributed by atoms with E-state index < -0.39 is 23.6 Å². The van der Waals surface area contributed by atoms with Gasteiger partial charge in [0.2, 0.25) is 0 Å². The van der Waals surface area contributed by atoms with Gasteiger partial charge in [0.25, 0.3) is 0 Å². The highest BCUT2D eigenvalue weighted by molar-refractivity contribution is 5.73. The lowest BCUT2D eigenvalue weighted by atomic mass is 9.95. The Balaban J connectivity index is 2.66. The minimum absolute atomic E-state index is 0.0403. The van der Waals surface area contributed by atoms with Crippen molar-refractivity contribution >= 4 is 12.1 Å². The van der Waals surface area contributed by atoms with Gasteiger partial charge in [-0.2, -0.15) is 0 Å². The molecule has 0 aliphatic rings. The predicted molar refractivity (Wildman–Crippen MR) is 94.1 cm³/mol. The van der Waals surface area contributed by atoms with Crippen molar-refractivity contribution in [1.82, 2.24) is 5.32 Å². The highest BCUT2D eigenvalue weighted by Crippen LogP contribution is 2.15. The average molecular weight is 335 g/mol. The summed E-state index contributed by atoms with van der Waals surface area (Å²) in [4.78, 5) is 23.2. The molecule has 5 nitrogen and oxygen atoms in total. The average Bonchev–Trinajstić information content (AvgIpc) is 2.40. The van der Waals surface area contributed by atoms with E-state index in [1.807, 2.05) is 18.2 Å². The van der Waals surface area contributed by atoms with E-state index in [1.165, 1.54) is 5.56 Å². The van der Waals surface area contributed by atoms with Crippen LogP contribution in [0.25, 0.3) is 0 Å². The number of hydrogen-bond donors (Lipinski definition) is 2. The van der Waals surface area contributed by atoms with E-state index >= 15 is 0 Å². The third kappa shape index (κ3) is 7.99. The minimum Gasteiger partial charge on any atom is -0.481 e. The van der Waals surface area contributed by atoms with Gasteiger partial charge in [-0.1, -0.05) is 38.1 Å². The van der Waals surface area contributed by atoms with Crippen LogP contribution >= 0.6 is 0 Å². The summed E-state index contributed by atoms with van der Waals surface area (Å²) in [5.74, 6) is -1.07. The van der Waals surface area contributed by atoms with Crippen LogP contribution in [0.5, 0.6) is 0 Å². The number of hydrogen-bond acceptors (Lipinski definition) is 3. The zero-order chi connectivity index (χ0) is 18.3. The first-order valence-electron chi connectivity index (χ1n) is 8.34. The van der Waals surface area contributed by atoms with Crippen molar-refractivity contribution < 1.29 is 19.4 Å². The monoisotopic (exact) mass is 335 g/mol. The fourth-order valence-corrected chi connectivity index (χ4v) is 2.41. The summed E-state index contributed by atoms with van der Waals surface area (Å²) in [6.07, 6.45) is 0.737. The Morgan fingerprint density at radius 3 is 2.25 bits per heavy atom. The number of carboxylic acids is 1. The van der Waals surface area contributed by atoms with Crippen molar-refractivity contribution in [2.75, 3.05) is 6.54 Å². The molecular formula is C19H29NO4. The predicted octanol–water partition coefficient (Wildman–Crippen LogP) is 3.65. The Morgan fingerprint density at radius 1 is 1.17 bits per heavy atom. The molecule has 24 heavy (non-hydrogen) atoms. The van der Waals surface area contributed by atoms with Crippen LogP contribution in [0, 0.1) is 11.8 Å². The van der Waals surface area contributed by atoms with Crippen LogP contribution in [0.2, 0.25) is 0 Å². The van der Waals surface area contributed by atoms with Gasteiger partial charge in [0.05, 0.1) is 5.92 Å². The summed E-state index contributed by atoms with van der Waals surface area (Å²) in [5, 5.41) is 11.9. The number of alkyl carbamates (subject to hydrolysis) is 1. The van der Waals surface area contributed by atoms with E-state index in [0.717, 1.165) is 12.0 Å². The third-order valence-electron chi connectivity index (χ3n) is 3.36. The Bertz CT molecular complexity index is 561. The summed E-state index contributed by atoms with van der Waals surface area (Å²) < 4.78 is 5.14. The van der Waals surface area contributed by atoms with Gasteiger partial charge in [-0.25, -0.2) is 4.79 Å². The molecule has 5 heteroatoms. The molecule has 0 aromatic heterocycles. The van der Waals surface area contributed by atoms with Gasteiger partial charge < -0.3 is 15.2 Å². The summed E-state index contributed by atoms with van der Waals surface area (Å²) in [7, 11) is 0. The molecule has 1 amide bonds. The Morgan fingerprint density at radius 2 is 1.75 bits per heavy atom. The second-order valence-corrected chi connectivity index (χ2v) is 7.54. The zero-order valence-electron chi connectivity index (χ0n) is 15.3. The number of aliphatic carboxylic acids is 1. The smallest absolute Gasteiger partial charge is 0.407 e. The van der Waals surface area contributed by atoms with Crippen LogP contribution in [-0.2, 0) is 22.4 Å². The topological polar surface area (TPSA) is 75.6 Å². The molecule has 1 aromatic carbocycles. The second kappa shape index (κ2) is 8.71. The standard InChI is InChI=1S/C19H29NO4/c1-13(2)9-14-7-6-8-15(10-14)11-16(17(21)22)12-20-18(23)24-19(3,4)5/h6-8,10,13,16H,9,11-12H2,1-5H3,(H,20,23)(H,21,22)/t16-/m1/s1. The van der Waals surface area contributed by atoms with Crippen molar-refractivity contribution in [3.63, 3.8) is 0 Å². The molecule has 0 heterocycles. The number of nitrogens with one attached hydrogen (secondary N) is 1. The summed E-state index contributed by atoms with van der Waals surface area (Å²) >= 11 is 0. The molecule has 0 aliphatic heterocycles. The molecule has 0 bridgehead atoms. The molecule has 1 atom stereocenters. The first kappa shape index (κ1) is 20.0. The van der Waals surface area contributed by atoms with E-state index in [2.05, 4.69) is 25.2 Å². The first-order valence-corrected chi connectivity index (χ1v) is 8.34. The van der Waals surface area contributed by atoms with Gasteiger partial charge >= 0.3 is 12.1 Å². The molecule has 1 aromatic rings. The van der Waals surface area contributed by atoms with E-state index in [1.54, 1.807) is 20.8 Å². The van der Waals surface area contributed by atoms with Gasteiger partial charge in [0, 0.05) is 6.54 Å². The molecule has 0 saturated heterocycles. The van der Waals surface area contributed by atoms with Gasteiger partial charge in [-0.05, 0) is 50.7 Å². The second-order valence-electron chi connectivity index (χ2n) is 7.54. The van der Waals surface area contributed by atoms with E-state index in [9.17, 15) is 14.7 Å². The lowest BCUT2D eigenvalue weighted by molar-refractivity contribution is -0.141. The fourth-order valence-electron chi connectivity index (χ4n) is 2.41. The molecule has 0 aliphatic carbocycles. The Labute approximate surface area is 144 Å². The number of carboxylic acid groups (broad SMARTS) is 1. The fraction of sp³-hybridized carbons (Fsp3) is 0.579. The van der Waals surface area contributed by atoms with Crippen molar-refractivity contribution in [2.45, 2.75) is 53.1 Å². The van der Waals surface area contributed by atoms with Gasteiger partial charge in [-0.15, -0.1) is 0 Å². The molecule has 0 unspecified atom stereocenters. The number of benzene rings is 1. The summed E-state index contributed by atoms with van der Waals surface area (Å²) in [6, 6.07) is 7.97. The number of rotatable bonds is 7. The quantitative estimate of drug-likeness (QED) is 0.797. The molecule has 2 N–H and O–H groups in total. The van der Waals surface area contributed by atoms with Gasteiger partial charge in [0.15, 0.2) is 0 Å². The largest absolute Gasteiger partial charge is 0.481 e. The van der Waals surface area contributed by atoms with E-state index in [-0.39, 0.29) is 6.54 Å². The highest BCUT2D eigenvalue weighted by atomic mass is 16.6. The molecule has 0 radical (unpaired) electrons. The summed E-state index contributed by atoms with van der Waals surface area (Å²) in [5.41, 5.74) is 1.56. The maximum Gasteiger partial charge on any atom is 0.407 e.